The van der Waals surface area contributed by atoms with Gasteiger partial charge in [-0.3, -0.25) is 14.5 Å². The molecule has 0 aliphatic carbocycles. The molecule has 0 aromatic heterocycles. The van der Waals surface area contributed by atoms with Crippen molar-refractivity contribution in [2.75, 3.05) is 6.54 Å². The highest BCUT2D eigenvalue weighted by molar-refractivity contribution is 8.34. The third-order valence-corrected chi connectivity index (χ3v) is 33.7. The van der Waals surface area contributed by atoms with Gasteiger partial charge in [0, 0.05) is 6.54 Å². The predicted octanol–water partition coefficient (Wildman–Crippen LogP) is 11.1. The molecule has 1 aromatic carbocycles. The number of carbonyl (C=O) groups is 2. The van der Waals surface area contributed by atoms with Crippen molar-refractivity contribution >= 4 is 48.7 Å². The van der Waals surface area contributed by atoms with Crippen LogP contribution in [0.2, 0.25) is 33.2 Å². The summed E-state index contributed by atoms with van der Waals surface area (Å²) in [5, 5.41) is 2.59. The Morgan fingerprint density at radius 2 is 1.10 bits per heavy atom. The van der Waals surface area contributed by atoms with Gasteiger partial charge in [-0.2, -0.15) is 22.4 Å². The summed E-state index contributed by atoms with van der Waals surface area (Å²) in [6, 6.07) is 7.21. The lowest BCUT2D eigenvalue weighted by molar-refractivity contribution is 0.0652. The standard InChI is InChI=1S/C32H55NO2S2Si2/c1-22(2)38(23(3)4,24(5)6)36-21-28(37-39(25(7)8,26(9)10)27(11)12)17-15-16-20-33-31(34)29-18-13-14-19-30(29)32(33)35/h13-14,18-19,21-27H,15-17,20H2,1-12H3/b28-21+. The molecule has 3 nitrogen and oxygen atoms in total. The fourth-order valence-electron chi connectivity index (χ4n) is 7.30. The van der Waals surface area contributed by atoms with E-state index in [1.54, 1.807) is 17.0 Å². The number of allylic oxidation sites excluding steroid dienone is 1. The zero-order valence-corrected chi connectivity index (χ0v) is 30.4. The van der Waals surface area contributed by atoms with Gasteiger partial charge in [0.25, 0.3) is 11.8 Å². The SMILES string of the molecule is CC(C)[Si](S/C=C(\CCCCN1C(=O)c2ccccc2C1=O)S[Si](C(C)C)(C(C)C)C(C)C)(C(C)C)C(C)C. The summed E-state index contributed by atoms with van der Waals surface area (Å²) in [7, 11) is -3.31. The second-order valence-electron chi connectivity index (χ2n) is 13.2. The van der Waals surface area contributed by atoms with Crippen LogP contribution in [0.3, 0.4) is 0 Å². The minimum Gasteiger partial charge on any atom is -0.274 e. The van der Waals surface area contributed by atoms with Gasteiger partial charge in [0.1, 0.15) is 14.4 Å². The molecule has 0 atom stereocenters. The molecule has 220 valence electrons. The second kappa shape index (κ2) is 14.4. The van der Waals surface area contributed by atoms with Crippen LogP contribution >= 0.6 is 22.4 Å². The molecule has 2 rings (SSSR count). The van der Waals surface area contributed by atoms with Crippen molar-refractivity contribution in [3.8, 4) is 0 Å². The number of nitrogens with zero attached hydrogens (tertiary/aromatic N) is 1. The summed E-state index contributed by atoms with van der Waals surface area (Å²) in [6.45, 7) is 29.8. The van der Waals surface area contributed by atoms with E-state index in [4.69, 9.17) is 0 Å². The zero-order valence-electron chi connectivity index (χ0n) is 26.8. The topological polar surface area (TPSA) is 37.4 Å². The van der Waals surface area contributed by atoms with Gasteiger partial charge in [0.15, 0.2) is 0 Å². The molecule has 0 bridgehead atoms. The van der Waals surface area contributed by atoms with E-state index in [1.807, 2.05) is 12.1 Å². The number of benzene rings is 1. The van der Waals surface area contributed by atoms with Crippen molar-refractivity contribution in [3.63, 3.8) is 0 Å². The zero-order chi connectivity index (χ0) is 29.7. The van der Waals surface area contributed by atoms with Crippen molar-refractivity contribution in [2.45, 2.75) is 136 Å². The molecule has 0 spiro atoms. The molecular weight excluding hydrogens is 551 g/mol. The normalized spacial score (nSPS) is 15.3. The maximum absolute atomic E-state index is 12.8. The van der Waals surface area contributed by atoms with Crippen molar-refractivity contribution in [2.24, 2.45) is 0 Å². The van der Waals surface area contributed by atoms with Crippen molar-refractivity contribution in [1.82, 2.24) is 4.90 Å². The molecular formula is C32H55NO2S2Si2. The van der Waals surface area contributed by atoms with Gasteiger partial charge >= 0.3 is 0 Å². The van der Waals surface area contributed by atoms with Gasteiger partial charge in [-0.15, -0.1) is 0 Å². The Hall–Kier alpha value is -0.766. The maximum atomic E-state index is 12.8. The lowest BCUT2D eigenvalue weighted by Gasteiger charge is -2.44. The van der Waals surface area contributed by atoms with Crippen LogP contribution in [0.5, 0.6) is 0 Å². The fourth-order valence-corrected chi connectivity index (χ4v) is 26.3. The number of fused-ring (bicyclic) bond motifs is 1. The number of unbranched alkanes of at least 4 members (excludes halogenated alkanes) is 1. The van der Waals surface area contributed by atoms with Crippen LogP contribution in [-0.4, -0.2) is 37.7 Å². The van der Waals surface area contributed by atoms with Crippen LogP contribution in [0.1, 0.15) is 123 Å². The van der Waals surface area contributed by atoms with E-state index in [1.165, 1.54) is 4.90 Å². The number of imide groups is 1. The Labute approximate surface area is 250 Å². The lowest BCUT2D eigenvalue weighted by Crippen LogP contribution is -2.41. The van der Waals surface area contributed by atoms with Gasteiger partial charge in [-0.05, 0) is 75.0 Å². The van der Waals surface area contributed by atoms with Crippen LogP contribution in [0.4, 0.5) is 0 Å². The number of hydrogen-bond donors (Lipinski definition) is 0. The molecule has 0 N–H and O–H groups in total. The van der Waals surface area contributed by atoms with E-state index in [0.29, 0.717) is 50.9 Å². The summed E-state index contributed by atoms with van der Waals surface area (Å²) >= 11 is 4.48. The summed E-state index contributed by atoms with van der Waals surface area (Å²) < 4.78 is 0. The summed E-state index contributed by atoms with van der Waals surface area (Å²) in [5.74, 6) is -0.271. The van der Waals surface area contributed by atoms with Crippen LogP contribution < -0.4 is 0 Å². The lowest BCUT2D eigenvalue weighted by atomic mass is 10.1. The minimum atomic E-state index is -1.69. The van der Waals surface area contributed by atoms with Crippen LogP contribution in [-0.2, 0) is 0 Å². The van der Waals surface area contributed by atoms with Crippen molar-refractivity contribution in [1.29, 1.82) is 0 Å². The molecule has 2 amide bonds. The highest BCUT2D eigenvalue weighted by atomic mass is 32.4. The van der Waals surface area contributed by atoms with Crippen LogP contribution in [0.15, 0.2) is 34.6 Å². The second-order valence-corrected chi connectivity index (χ2v) is 30.3. The third kappa shape index (κ3) is 7.18. The Kier molecular flexibility index (Phi) is 12.7. The Bertz CT molecular complexity index is 939. The Balaban J connectivity index is 2.29. The summed E-state index contributed by atoms with van der Waals surface area (Å²) in [5.41, 5.74) is 5.30. The van der Waals surface area contributed by atoms with Gasteiger partial charge in [0.2, 0.25) is 0 Å². The number of amides is 2. The molecule has 1 heterocycles. The van der Waals surface area contributed by atoms with Gasteiger partial charge in [-0.25, -0.2) is 0 Å². The third-order valence-electron chi connectivity index (χ3n) is 9.05. The Morgan fingerprint density at radius 3 is 1.49 bits per heavy atom. The van der Waals surface area contributed by atoms with E-state index in [9.17, 15) is 9.59 Å². The monoisotopic (exact) mass is 605 g/mol. The smallest absolute Gasteiger partial charge is 0.261 e. The first kappa shape index (κ1) is 34.4. The van der Waals surface area contributed by atoms with Gasteiger partial charge in [0.05, 0.1) is 11.1 Å². The molecule has 1 aromatic rings. The molecule has 1 aliphatic heterocycles. The summed E-state index contributed by atoms with van der Waals surface area (Å²) in [6.07, 6.45) is 2.86. The predicted molar refractivity (Wildman–Crippen MR) is 181 cm³/mol. The van der Waals surface area contributed by atoms with Crippen LogP contribution in [0.25, 0.3) is 0 Å². The molecule has 0 fully saturated rings. The molecule has 0 unspecified atom stereocenters. The fraction of sp³-hybridized carbons (Fsp3) is 0.688. The van der Waals surface area contributed by atoms with E-state index in [2.05, 4.69) is 111 Å². The average molecular weight is 606 g/mol. The average Bonchev–Trinajstić information content (AvgIpc) is 3.08. The molecule has 0 radical (unpaired) electrons. The quantitative estimate of drug-likeness (QED) is 0.113. The number of hydrogen-bond acceptors (Lipinski definition) is 4. The van der Waals surface area contributed by atoms with Crippen LogP contribution in [0, 0.1) is 0 Å². The first-order chi connectivity index (χ1) is 18.1. The van der Waals surface area contributed by atoms with E-state index in [-0.39, 0.29) is 11.8 Å². The van der Waals surface area contributed by atoms with Crippen molar-refractivity contribution in [3.05, 3.63) is 45.7 Å². The van der Waals surface area contributed by atoms with E-state index in [0.717, 1.165) is 19.3 Å². The molecule has 39 heavy (non-hydrogen) atoms. The van der Waals surface area contributed by atoms with E-state index >= 15 is 0 Å². The maximum Gasteiger partial charge on any atom is 0.261 e. The molecule has 1 aliphatic rings. The van der Waals surface area contributed by atoms with Gasteiger partial charge in [-0.1, -0.05) is 95.2 Å². The highest BCUT2D eigenvalue weighted by Gasteiger charge is 2.46. The number of carbonyl (C=O) groups excluding carboxylic acids is 2. The largest absolute Gasteiger partial charge is 0.274 e. The minimum absolute atomic E-state index is 0.135. The molecule has 0 saturated carbocycles. The highest BCUT2D eigenvalue weighted by Crippen LogP contribution is 2.55. The molecule has 0 saturated heterocycles. The first-order valence-corrected chi connectivity index (χ1v) is 22.8. The first-order valence-electron chi connectivity index (χ1n) is 15.1. The number of rotatable bonds is 15. The summed E-state index contributed by atoms with van der Waals surface area (Å²) in [4.78, 5) is 28.7. The molecule has 7 heteroatoms. The van der Waals surface area contributed by atoms with Crippen molar-refractivity contribution < 1.29 is 9.59 Å². The van der Waals surface area contributed by atoms with Gasteiger partial charge < -0.3 is 0 Å². The Morgan fingerprint density at radius 1 is 0.692 bits per heavy atom. The van der Waals surface area contributed by atoms with E-state index < -0.39 is 14.4 Å².